The highest BCUT2D eigenvalue weighted by molar-refractivity contribution is 7.20. The molecule has 0 radical (unpaired) electrons. The number of carbonyl (C=O) groups excluding carboxylic acids is 1. The van der Waals surface area contributed by atoms with Gasteiger partial charge >= 0.3 is 49.4 Å². The van der Waals surface area contributed by atoms with Crippen LogP contribution < -0.4 is 26.4 Å². The van der Waals surface area contributed by atoms with Crippen molar-refractivity contribution in [1.82, 2.24) is 4.98 Å². The Hall–Kier alpha value is -7.81. The number of nitrogens with zero attached hydrogens (tertiary/aromatic N) is 2. The van der Waals surface area contributed by atoms with Gasteiger partial charge in [0.05, 0.1) is 50.7 Å². The molecule has 0 spiro atoms. The molecule has 0 saturated heterocycles. The number of allylic oxidation sites excluding steroid dienone is 1. The number of rotatable bonds is 9. The van der Waals surface area contributed by atoms with Crippen LogP contribution in [-0.4, -0.2) is 16.9 Å². The van der Waals surface area contributed by atoms with Crippen molar-refractivity contribution >= 4 is 39.9 Å². The molecule has 0 N–H and O–H groups in total. The number of hydrogen-bond donors (Lipinski definition) is 0. The maximum Gasteiger partial charge on any atom is 0.416 e. The number of alkyl halides is 24. The zero-order valence-corrected chi connectivity index (χ0v) is 39.2. The second-order valence-electron chi connectivity index (χ2n) is 17.4. The Morgan fingerprint density at radius 2 is 0.675 bits per heavy atom. The zero-order valence-electron chi connectivity index (χ0n) is 39.2. The molecule has 0 amide bonds. The number of ketones is 1. The van der Waals surface area contributed by atoms with Crippen molar-refractivity contribution < 1.29 is 115 Å². The number of halogens is 24. The summed E-state index contributed by atoms with van der Waals surface area (Å²) in [4.78, 5) is 16.4. The van der Waals surface area contributed by atoms with Gasteiger partial charge in [0, 0.05) is 5.56 Å². The van der Waals surface area contributed by atoms with Crippen LogP contribution in [0.1, 0.15) is 66.1 Å². The third-order valence-electron chi connectivity index (χ3n) is 11.9. The van der Waals surface area contributed by atoms with Crippen molar-refractivity contribution in [1.29, 1.82) is 0 Å². The fourth-order valence-electron chi connectivity index (χ4n) is 8.34. The van der Waals surface area contributed by atoms with E-state index in [9.17, 15) is 110 Å². The molecule has 0 aliphatic carbocycles. The first-order valence-electron chi connectivity index (χ1n) is 22.1. The van der Waals surface area contributed by atoms with Gasteiger partial charge < -0.3 is 0 Å². The van der Waals surface area contributed by atoms with E-state index in [2.05, 4.69) is 17.1 Å². The van der Waals surface area contributed by atoms with Gasteiger partial charge in [-0.1, -0.05) is 115 Å². The summed E-state index contributed by atoms with van der Waals surface area (Å²) >= 11 is 0. The van der Waals surface area contributed by atoms with Crippen molar-refractivity contribution in [3.63, 3.8) is 0 Å². The minimum Gasteiger partial charge on any atom is -0.287 e. The van der Waals surface area contributed by atoms with Gasteiger partial charge in [0.25, 0.3) is 0 Å². The number of carbonyl (C=O) groups is 1. The van der Waals surface area contributed by atoms with Crippen LogP contribution in [0.4, 0.5) is 105 Å². The molecule has 0 aliphatic rings. The van der Waals surface area contributed by atoms with E-state index < -0.39 is 195 Å². The van der Waals surface area contributed by atoms with E-state index in [1.54, 1.807) is 24.5 Å². The van der Waals surface area contributed by atoms with Gasteiger partial charge in [-0.25, -0.2) is 4.98 Å². The van der Waals surface area contributed by atoms with Crippen molar-refractivity contribution in [3.8, 4) is 0 Å². The lowest BCUT2D eigenvalue weighted by molar-refractivity contribution is -0.689. The van der Waals surface area contributed by atoms with Crippen LogP contribution in [-0.2, 0) is 56.0 Å². The molecule has 80 heavy (non-hydrogen) atoms. The van der Waals surface area contributed by atoms with Crippen LogP contribution in [0.25, 0.3) is 6.08 Å². The monoisotopic (exact) mass is 1160 g/mol. The molecule has 7 rings (SSSR count). The third-order valence-corrected chi connectivity index (χ3v) is 11.9. The SMILES string of the molecule is FC(F)(F)c1cc([B-](c2cc(C(F)(F)F)cc(C(F)(F)F)c2)(c2cc(C(F)(F)F)cc(C(F)(F)F)c2)c2cc(C(F)(F)F)cc(C(F)(F)F)c2)cc(C(F)(F)F)c1.O=C(C=Cc1ccccc1)c1c[n+](Cc2ccccc2)ccn1. The number of hydrogen-bond acceptors (Lipinski definition) is 2. The van der Waals surface area contributed by atoms with Crippen LogP contribution in [0, 0.1) is 0 Å². The summed E-state index contributed by atoms with van der Waals surface area (Å²) in [5, 5.41) is 0. The summed E-state index contributed by atoms with van der Waals surface area (Å²) in [6.07, 6.45) is -46.1. The van der Waals surface area contributed by atoms with Crippen molar-refractivity contribution in [2.45, 2.75) is 56.0 Å². The molecule has 424 valence electrons. The molecule has 0 aliphatic heterocycles. The Balaban J connectivity index is 0.000000370. The second kappa shape index (κ2) is 22.0. The Morgan fingerprint density at radius 3 is 0.950 bits per heavy atom. The average molecular weight is 1160 g/mol. The molecular weight excluding hydrogens is 1140 g/mol. The fraction of sp³-hybridized carbons (Fsp3) is 0.173. The van der Waals surface area contributed by atoms with E-state index >= 15 is 0 Å². The molecule has 0 saturated carbocycles. The predicted molar refractivity (Wildman–Crippen MR) is 240 cm³/mol. The Morgan fingerprint density at radius 1 is 0.400 bits per heavy atom. The lowest BCUT2D eigenvalue weighted by Crippen LogP contribution is -2.75. The van der Waals surface area contributed by atoms with Crippen LogP contribution >= 0.6 is 0 Å². The topological polar surface area (TPSA) is 33.8 Å². The van der Waals surface area contributed by atoms with Gasteiger partial charge in [0.1, 0.15) is 6.15 Å². The molecule has 0 unspecified atom stereocenters. The minimum absolute atomic E-state index is 0.101. The smallest absolute Gasteiger partial charge is 0.287 e. The van der Waals surface area contributed by atoms with E-state index in [-0.39, 0.29) is 5.78 Å². The fourth-order valence-corrected chi connectivity index (χ4v) is 8.34. The highest BCUT2D eigenvalue weighted by Gasteiger charge is 2.47. The Labute approximate surface area is 434 Å². The number of benzene rings is 6. The molecule has 6 aromatic carbocycles. The third kappa shape index (κ3) is 14.7. The van der Waals surface area contributed by atoms with Gasteiger partial charge in [0.15, 0.2) is 24.6 Å². The Bertz CT molecular complexity index is 2930. The van der Waals surface area contributed by atoms with Gasteiger partial charge in [0.2, 0.25) is 5.78 Å². The summed E-state index contributed by atoms with van der Waals surface area (Å²) in [7, 11) is 0. The maximum absolute atomic E-state index is 14.2. The lowest BCUT2D eigenvalue weighted by atomic mass is 9.12. The lowest BCUT2D eigenvalue weighted by Gasteiger charge is -2.46. The second-order valence-corrected chi connectivity index (χ2v) is 17.4. The van der Waals surface area contributed by atoms with Gasteiger partial charge in [-0.3, -0.25) is 4.79 Å². The summed E-state index contributed by atoms with van der Waals surface area (Å²) in [6, 6.07) is 11.1. The van der Waals surface area contributed by atoms with E-state index in [0.717, 1.165) is 5.56 Å². The first-order chi connectivity index (χ1) is 36.6. The van der Waals surface area contributed by atoms with Gasteiger partial charge in [-0.15, -0.1) is 0 Å². The van der Waals surface area contributed by atoms with E-state index in [1.807, 2.05) is 59.3 Å². The molecule has 1 heterocycles. The standard InChI is InChI=1S/C32H12BF24.C20H17N2O/c34-25(35,36)13-1-14(26(37,38)39)6-21(5-13)33(22-7-15(27(40,41)42)2-16(8-22)28(43,44)45,23-9-17(29(46,47)48)3-18(10-23)30(49,50)51)24-11-19(31(52,53)54)4-20(12-24)32(55,56)57;23-20(12-11-17-7-3-1-4-8-17)19-16-22(14-13-21-19)15-18-9-5-2-6-10-18/h1-12H;1-14,16H,15H2/q-1;+1. The van der Waals surface area contributed by atoms with Gasteiger partial charge in [-0.2, -0.15) is 132 Å². The van der Waals surface area contributed by atoms with Crippen molar-refractivity contribution in [2.24, 2.45) is 0 Å². The molecular formula is C52H29BF24N2O. The summed E-state index contributed by atoms with van der Waals surface area (Å²) in [6.45, 7) is 0.714. The largest absolute Gasteiger partial charge is 0.416 e. The van der Waals surface area contributed by atoms with Crippen LogP contribution in [0.2, 0.25) is 0 Å². The normalized spacial score (nSPS) is 13.3. The molecule has 28 heteroatoms. The average Bonchev–Trinajstić information content (AvgIpc) is 3.47. The summed E-state index contributed by atoms with van der Waals surface area (Å²) < 4.78 is 343. The van der Waals surface area contributed by atoms with Crippen LogP contribution in [0.15, 0.2) is 158 Å². The van der Waals surface area contributed by atoms with Crippen LogP contribution in [0.3, 0.4) is 0 Å². The zero-order chi connectivity index (χ0) is 59.8. The first-order valence-corrected chi connectivity index (χ1v) is 22.1. The van der Waals surface area contributed by atoms with Crippen molar-refractivity contribution in [3.05, 3.63) is 219 Å². The summed E-state index contributed by atoms with van der Waals surface area (Å²) in [5.41, 5.74) is -27.6. The van der Waals surface area contributed by atoms with Crippen molar-refractivity contribution in [2.75, 3.05) is 0 Å². The van der Waals surface area contributed by atoms with Gasteiger partial charge in [-0.05, 0) is 35.9 Å². The highest BCUT2D eigenvalue weighted by Crippen LogP contribution is 2.41. The minimum atomic E-state index is -6.13. The van der Waals surface area contributed by atoms with E-state index in [4.69, 9.17) is 0 Å². The van der Waals surface area contributed by atoms with E-state index in [1.165, 1.54) is 5.56 Å². The highest BCUT2D eigenvalue weighted by atomic mass is 19.4. The molecule has 0 bridgehead atoms. The maximum atomic E-state index is 14.2. The molecule has 3 nitrogen and oxygen atoms in total. The van der Waals surface area contributed by atoms with E-state index in [0.29, 0.717) is 12.2 Å². The predicted octanol–water partition coefficient (Wildman–Crippen LogP) is 14.5. The summed E-state index contributed by atoms with van der Waals surface area (Å²) in [5.74, 6) is -0.101. The molecule has 0 fully saturated rings. The first kappa shape index (κ1) is 61.4. The van der Waals surface area contributed by atoms with Crippen LogP contribution in [0.5, 0.6) is 0 Å². The quantitative estimate of drug-likeness (QED) is 0.0475. The Kier molecular flexibility index (Phi) is 16.9. The number of aromatic nitrogens is 2. The molecule has 1 aromatic heterocycles. The molecule has 0 atom stereocenters. The molecule has 7 aromatic rings.